The van der Waals surface area contributed by atoms with Crippen LogP contribution in [0.2, 0.25) is 0 Å². The number of nitrogens with one attached hydrogen (secondary N) is 3. The molecule has 0 aliphatic carbocycles. The van der Waals surface area contributed by atoms with E-state index in [1.807, 2.05) is 0 Å². The zero-order chi connectivity index (χ0) is 27.3. The van der Waals surface area contributed by atoms with Crippen LogP contribution in [0.5, 0.6) is 0 Å². The number of carboxylic acids is 2. The monoisotopic (exact) mass is 502 g/mol. The molecule has 4 atom stereocenters. The van der Waals surface area contributed by atoms with Crippen LogP contribution in [-0.4, -0.2) is 75.9 Å². The highest BCUT2D eigenvalue weighted by molar-refractivity contribution is 5.96. The van der Waals surface area contributed by atoms with Crippen molar-refractivity contribution in [2.24, 2.45) is 23.1 Å². The fraction of sp³-hybridized carbons (Fsp3) is 0.650. The largest absolute Gasteiger partial charge is 0.481 e. The minimum Gasteiger partial charge on any atom is -0.481 e. The molecule has 0 radical (unpaired) electrons. The first kappa shape index (κ1) is 31.2. The van der Waals surface area contributed by atoms with Gasteiger partial charge in [-0.2, -0.15) is 0 Å². The van der Waals surface area contributed by atoms with Gasteiger partial charge in [-0.3, -0.25) is 28.8 Å². The van der Waals surface area contributed by atoms with E-state index in [2.05, 4.69) is 16.0 Å². The SMILES string of the molecule is CC(C)CC(NC(=O)C(N)CCC(=O)O)C(=O)NC(CC(N)=O)C(=O)NC(CCC(N)=O)C(=O)O. The molecule has 0 aliphatic heterocycles. The fourth-order valence-electron chi connectivity index (χ4n) is 2.89. The highest BCUT2D eigenvalue weighted by Gasteiger charge is 2.31. The molecule has 0 aromatic rings. The highest BCUT2D eigenvalue weighted by Crippen LogP contribution is 2.08. The predicted octanol–water partition coefficient (Wildman–Crippen LogP) is -3.10. The van der Waals surface area contributed by atoms with E-state index < -0.39 is 72.1 Å². The predicted molar refractivity (Wildman–Crippen MR) is 120 cm³/mol. The maximum atomic E-state index is 12.9. The summed E-state index contributed by atoms with van der Waals surface area (Å²) in [6, 6.07) is -5.52. The summed E-state index contributed by atoms with van der Waals surface area (Å²) in [7, 11) is 0. The van der Waals surface area contributed by atoms with Gasteiger partial charge in [0.2, 0.25) is 29.5 Å². The van der Waals surface area contributed by atoms with E-state index in [0.717, 1.165) is 0 Å². The van der Waals surface area contributed by atoms with Crippen LogP contribution in [0.15, 0.2) is 0 Å². The fourth-order valence-corrected chi connectivity index (χ4v) is 2.89. The average Bonchev–Trinajstić information content (AvgIpc) is 2.72. The maximum absolute atomic E-state index is 12.9. The summed E-state index contributed by atoms with van der Waals surface area (Å²) in [5.41, 5.74) is 15.8. The van der Waals surface area contributed by atoms with Gasteiger partial charge in [0.25, 0.3) is 0 Å². The van der Waals surface area contributed by atoms with Crippen molar-refractivity contribution in [2.75, 3.05) is 0 Å². The second kappa shape index (κ2) is 15.2. The lowest BCUT2D eigenvalue weighted by Gasteiger charge is -2.25. The molecule has 35 heavy (non-hydrogen) atoms. The molecule has 0 spiro atoms. The minimum absolute atomic E-state index is 0.102. The summed E-state index contributed by atoms with van der Waals surface area (Å²) in [4.78, 5) is 82.3. The van der Waals surface area contributed by atoms with E-state index in [9.17, 15) is 38.7 Å². The average molecular weight is 503 g/mol. The van der Waals surface area contributed by atoms with Gasteiger partial charge >= 0.3 is 11.9 Å². The molecule has 15 nitrogen and oxygen atoms in total. The number of carbonyl (C=O) groups is 7. The van der Waals surface area contributed by atoms with Gasteiger partial charge in [0.1, 0.15) is 18.1 Å². The molecule has 4 unspecified atom stereocenters. The normalized spacial score (nSPS) is 14.2. The zero-order valence-corrected chi connectivity index (χ0v) is 19.6. The summed E-state index contributed by atoms with van der Waals surface area (Å²) in [6.07, 6.45) is -1.78. The summed E-state index contributed by atoms with van der Waals surface area (Å²) in [6.45, 7) is 3.50. The summed E-state index contributed by atoms with van der Waals surface area (Å²) in [5.74, 6) is -7.22. The number of nitrogens with two attached hydrogens (primary N) is 3. The molecule has 5 amide bonds. The summed E-state index contributed by atoms with van der Waals surface area (Å²) < 4.78 is 0. The van der Waals surface area contributed by atoms with Gasteiger partial charge in [0.05, 0.1) is 12.5 Å². The Balaban J connectivity index is 5.51. The van der Waals surface area contributed by atoms with Crippen molar-refractivity contribution in [2.45, 2.75) is 76.5 Å². The van der Waals surface area contributed by atoms with E-state index >= 15 is 0 Å². The Morgan fingerprint density at radius 3 is 1.69 bits per heavy atom. The minimum atomic E-state index is -1.58. The molecule has 15 heteroatoms. The summed E-state index contributed by atoms with van der Waals surface area (Å²) >= 11 is 0. The van der Waals surface area contributed by atoms with Crippen LogP contribution in [0.3, 0.4) is 0 Å². The van der Waals surface area contributed by atoms with Gasteiger partial charge in [0, 0.05) is 12.8 Å². The lowest BCUT2D eigenvalue weighted by molar-refractivity contribution is -0.143. The number of amides is 5. The van der Waals surface area contributed by atoms with Gasteiger partial charge in [-0.1, -0.05) is 13.8 Å². The molecular formula is C20H34N6O9. The van der Waals surface area contributed by atoms with Crippen LogP contribution < -0.4 is 33.2 Å². The van der Waals surface area contributed by atoms with E-state index in [1.54, 1.807) is 13.8 Å². The Morgan fingerprint density at radius 2 is 1.23 bits per heavy atom. The van der Waals surface area contributed by atoms with Gasteiger partial charge in [-0.25, -0.2) is 4.79 Å². The van der Waals surface area contributed by atoms with Gasteiger partial charge < -0.3 is 43.4 Å². The summed E-state index contributed by atoms with van der Waals surface area (Å²) in [5, 5.41) is 24.8. The zero-order valence-electron chi connectivity index (χ0n) is 19.6. The van der Waals surface area contributed by atoms with Gasteiger partial charge in [-0.15, -0.1) is 0 Å². The molecule has 0 saturated carbocycles. The third kappa shape index (κ3) is 13.5. The number of carboxylic acid groups (broad SMARTS) is 2. The first-order valence-electron chi connectivity index (χ1n) is 10.8. The Morgan fingerprint density at radius 1 is 0.714 bits per heavy atom. The first-order valence-corrected chi connectivity index (χ1v) is 10.8. The highest BCUT2D eigenvalue weighted by atomic mass is 16.4. The van der Waals surface area contributed by atoms with Gasteiger partial charge in [0.15, 0.2) is 0 Å². The maximum Gasteiger partial charge on any atom is 0.326 e. The molecule has 11 N–H and O–H groups in total. The van der Waals surface area contributed by atoms with E-state index in [-0.39, 0.29) is 38.0 Å². The molecule has 0 aliphatic rings. The van der Waals surface area contributed by atoms with Crippen LogP contribution in [0, 0.1) is 5.92 Å². The quantitative estimate of drug-likeness (QED) is 0.0991. The van der Waals surface area contributed by atoms with E-state index in [4.69, 9.17) is 22.3 Å². The first-order chi connectivity index (χ1) is 16.1. The van der Waals surface area contributed by atoms with Crippen LogP contribution in [0.25, 0.3) is 0 Å². The lowest BCUT2D eigenvalue weighted by Crippen LogP contribution is -2.58. The second-order valence-corrected chi connectivity index (χ2v) is 8.37. The Hall–Kier alpha value is -3.75. The second-order valence-electron chi connectivity index (χ2n) is 8.37. The van der Waals surface area contributed by atoms with Crippen molar-refractivity contribution in [3.05, 3.63) is 0 Å². The van der Waals surface area contributed by atoms with Crippen molar-refractivity contribution in [3.63, 3.8) is 0 Å². The van der Waals surface area contributed by atoms with Crippen LogP contribution in [-0.2, 0) is 33.6 Å². The Bertz CT molecular complexity index is 817. The Labute approximate surface area is 201 Å². The number of carbonyl (C=O) groups excluding carboxylic acids is 5. The number of aliphatic carboxylic acids is 2. The smallest absolute Gasteiger partial charge is 0.326 e. The molecule has 0 bridgehead atoms. The number of hydrogen-bond donors (Lipinski definition) is 8. The molecule has 198 valence electrons. The van der Waals surface area contributed by atoms with Crippen molar-refractivity contribution in [3.8, 4) is 0 Å². The molecule has 0 aromatic carbocycles. The third-order valence-electron chi connectivity index (χ3n) is 4.68. The van der Waals surface area contributed by atoms with Crippen molar-refractivity contribution < 1.29 is 43.8 Å². The topological polar surface area (TPSA) is 274 Å². The van der Waals surface area contributed by atoms with E-state index in [1.165, 1.54) is 0 Å². The molecule has 0 aromatic heterocycles. The van der Waals surface area contributed by atoms with Crippen molar-refractivity contribution in [1.29, 1.82) is 0 Å². The standard InChI is InChI=1S/C20H34N6O9/c1-9(2)7-12(25-17(31)10(21)3-6-16(29)30)18(32)26-13(8-15(23)28)19(33)24-11(20(34)35)4-5-14(22)27/h9-13H,3-8,21H2,1-2H3,(H2,22,27)(H2,23,28)(H,24,33)(H,25,31)(H,26,32)(H,29,30)(H,34,35). The lowest BCUT2D eigenvalue weighted by atomic mass is 10.0. The molecular weight excluding hydrogens is 468 g/mol. The number of primary amides is 2. The Kier molecular flexibility index (Phi) is 13.6. The third-order valence-corrected chi connectivity index (χ3v) is 4.68. The van der Waals surface area contributed by atoms with Crippen LogP contribution >= 0.6 is 0 Å². The molecule has 0 fully saturated rings. The molecule has 0 rings (SSSR count). The van der Waals surface area contributed by atoms with Crippen LogP contribution in [0.4, 0.5) is 0 Å². The molecule has 0 heterocycles. The molecule has 0 saturated heterocycles. The van der Waals surface area contributed by atoms with Crippen molar-refractivity contribution >= 4 is 41.5 Å². The van der Waals surface area contributed by atoms with E-state index in [0.29, 0.717) is 0 Å². The van der Waals surface area contributed by atoms with Gasteiger partial charge in [-0.05, 0) is 25.2 Å². The van der Waals surface area contributed by atoms with Crippen LogP contribution in [0.1, 0.15) is 52.4 Å². The van der Waals surface area contributed by atoms with Crippen molar-refractivity contribution in [1.82, 2.24) is 16.0 Å². The number of rotatable bonds is 17. The number of hydrogen-bond acceptors (Lipinski definition) is 8.